The number of ether oxygens (including phenoxy) is 1. The molecule has 3 aromatic carbocycles. The second-order valence-electron chi connectivity index (χ2n) is 9.31. The van der Waals surface area contributed by atoms with E-state index in [-0.39, 0.29) is 11.5 Å². The fourth-order valence-corrected chi connectivity index (χ4v) is 4.84. The van der Waals surface area contributed by atoms with Gasteiger partial charge in [0.1, 0.15) is 0 Å². The highest BCUT2D eigenvalue weighted by atomic mass is 16.6. The number of aryl methyl sites for hydroxylation is 1. The van der Waals surface area contributed by atoms with Gasteiger partial charge in [-0.1, -0.05) is 105 Å². The molecule has 1 N–H and O–H groups in total. The molecule has 4 heteroatoms. The van der Waals surface area contributed by atoms with Crippen molar-refractivity contribution in [3.8, 4) is 0 Å². The summed E-state index contributed by atoms with van der Waals surface area (Å²) in [5, 5.41) is 11.3. The summed E-state index contributed by atoms with van der Waals surface area (Å²) in [4.78, 5) is 27.3. The Morgan fingerprint density at radius 1 is 0.794 bits per heavy atom. The molecule has 1 heterocycles. The molecule has 1 aliphatic rings. The van der Waals surface area contributed by atoms with Crippen LogP contribution in [0.2, 0.25) is 0 Å². The lowest BCUT2D eigenvalue weighted by Gasteiger charge is -2.38. The Labute approximate surface area is 200 Å². The van der Waals surface area contributed by atoms with E-state index in [2.05, 4.69) is 0 Å². The van der Waals surface area contributed by atoms with Crippen molar-refractivity contribution in [2.45, 2.75) is 44.6 Å². The quantitative estimate of drug-likeness (QED) is 0.413. The molecule has 0 bridgehead atoms. The molecule has 4 nitrogen and oxygen atoms in total. The summed E-state index contributed by atoms with van der Waals surface area (Å²) in [6, 6.07) is 28.6. The van der Waals surface area contributed by atoms with Crippen LogP contribution < -0.4 is 0 Å². The third-order valence-corrected chi connectivity index (χ3v) is 6.34. The maximum absolute atomic E-state index is 13.7. The average molecular weight is 455 g/mol. The van der Waals surface area contributed by atoms with E-state index in [4.69, 9.17) is 4.74 Å². The number of ketones is 1. The highest BCUT2D eigenvalue weighted by Gasteiger charge is 2.51. The molecular weight excluding hydrogens is 424 g/mol. The molecule has 0 fully saturated rings. The van der Waals surface area contributed by atoms with Gasteiger partial charge in [0.25, 0.3) is 0 Å². The molecule has 1 unspecified atom stereocenters. The smallest absolute Gasteiger partial charge is 0.339 e. The first-order chi connectivity index (χ1) is 16.4. The predicted octanol–water partition coefficient (Wildman–Crippen LogP) is 6.17. The summed E-state index contributed by atoms with van der Waals surface area (Å²) in [5.74, 6) is -2.14. The number of carbonyl (C=O) groups is 2. The van der Waals surface area contributed by atoms with Crippen molar-refractivity contribution in [1.82, 2.24) is 0 Å². The molecule has 0 aliphatic carbocycles. The van der Waals surface area contributed by atoms with Crippen LogP contribution in [0.1, 0.15) is 49.3 Å². The van der Waals surface area contributed by atoms with Gasteiger partial charge >= 0.3 is 5.97 Å². The fourth-order valence-electron chi connectivity index (χ4n) is 4.84. The Kier molecular flexibility index (Phi) is 6.97. The van der Waals surface area contributed by atoms with Crippen molar-refractivity contribution in [2.75, 3.05) is 0 Å². The van der Waals surface area contributed by atoms with Crippen LogP contribution in [0.4, 0.5) is 0 Å². The van der Waals surface area contributed by atoms with Gasteiger partial charge in [0.15, 0.2) is 11.4 Å². The van der Waals surface area contributed by atoms with Gasteiger partial charge in [-0.3, -0.25) is 4.79 Å². The van der Waals surface area contributed by atoms with Crippen molar-refractivity contribution in [3.05, 3.63) is 119 Å². The first-order valence-electron chi connectivity index (χ1n) is 11.8. The van der Waals surface area contributed by atoms with Crippen molar-refractivity contribution in [3.63, 3.8) is 0 Å². The molecule has 1 atom stereocenters. The zero-order valence-electron chi connectivity index (χ0n) is 19.6. The number of cyclic esters (lactones) is 1. The second kappa shape index (κ2) is 10.1. The number of Topliss-reactive ketones (excluding diaryl/α,β-unsaturated/α-hetero) is 1. The van der Waals surface area contributed by atoms with E-state index in [0.717, 1.165) is 16.7 Å². The van der Waals surface area contributed by atoms with Gasteiger partial charge in [-0.15, -0.1) is 0 Å². The van der Waals surface area contributed by atoms with Crippen molar-refractivity contribution in [2.24, 2.45) is 5.92 Å². The summed E-state index contributed by atoms with van der Waals surface area (Å²) in [6.45, 7) is 3.97. The Balaban J connectivity index is 1.77. The topological polar surface area (TPSA) is 63.6 Å². The van der Waals surface area contributed by atoms with Crippen LogP contribution in [0.3, 0.4) is 0 Å². The predicted molar refractivity (Wildman–Crippen MR) is 132 cm³/mol. The monoisotopic (exact) mass is 454 g/mol. The standard InChI is InChI=1S/C30H30O4/c1-21(2)20-30(19-18-22-12-6-3-7-13-22)28(32)27(31)26(29(33)34-30)25(23-14-8-4-9-15-23)24-16-10-5-11-17-24/h3-17,21,25,31H,18-20H2,1-2H3. The number of aliphatic hydroxyl groups excluding tert-OH is 1. The van der Waals surface area contributed by atoms with Gasteiger partial charge in [-0.05, 0) is 41.9 Å². The molecule has 0 radical (unpaired) electrons. The number of hydrogen-bond donors (Lipinski definition) is 1. The van der Waals surface area contributed by atoms with E-state index in [1.807, 2.05) is 105 Å². The Hall–Kier alpha value is -3.66. The molecular formula is C30H30O4. The molecule has 1 aliphatic heterocycles. The summed E-state index contributed by atoms with van der Waals surface area (Å²) in [6.07, 6.45) is 1.23. The summed E-state index contributed by atoms with van der Waals surface area (Å²) >= 11 is 0. The van der Waals surface area contributed by atoms with E-state index in [1.165, 1.54) is 0 Å². The van der Waals surface area contributed by atoms with Gasteiger partial charge in [0.05, 0.1) is 5.57 Å². The van der Waals surface area contributed by atoms with Gasteiger partial charge in [0.2, 0.25) is 5.78 Å². The van der Waals surface area contributed by atoms with E-state index in [1.54, 1.807) is 0 Å². The van der Waals surface area contributed by atoms with E-state index in [9.17, 15) is 14.7 Å². The molecule has 4 rings (SSSR count). The summed E-state index contributed by atoms with van der Waals surface area (Å²) in [5.41, 5.74) is 1.28. The number of esters is 1. The minimum Gasteiger partial charge on any atom is -0.504 e. The molecule has 0 amide bonds. The maximum atomic E-state index is 13.7. The Morgan fingerprint density at radius 2 is 1.29 bits per heavy atom. The van der Waals surface area contributed by atoms with Crippen LogP contribution >= 0.6 is 0 Å². The van der Waals surface area contributed by atoms with Crippen molar-refractivity contribution < 1.29 is 19.4 Å². The molecule has 34 heavy (non-hydrogen) atoms. The van der Waals surface area contributed by atoms with E-state index < -0.39 is 29.0 Å². The summed E-state index contributed by atoms with van der Waals surface area (Å²) in [7, 11) is 0. The third-order valence-electron chi connectivity index (χ3n) is 6.34. The van der Waals surface area contributed by atoms with Gasteiger partial charge in [-0.25, -0.2) is 4.79 Å². The van der Waals surface area contributed by atoms with Crippen LogP contribution in [0.25, 0.3) is 0 Å². The number of aliphatic hydroxyl groups is 1. The summed E-state index contributed by atoms with van der Waals surface area (Å²) < 4.78 is 6.02. The van der Waals surface area contributed by atoms with Gasteiger partial charge in [0, 0.05) is 5.92 Å². The Bertz CT molecular complexity index is 1130. The van der Waals surface area contributed by atoms with Crippen LogP contribution in [0.15, 0.2) is 102 Å². The van der Waals surface area contributed by atoms with Gasteiger partial charge < -0.3 is 9.84 Å². The zero-order chi connectivity index (χ0) is 24.1. The third kappa shape index (κ3) is 4.81. The fraction of sp³-hybridized carbons (Fsp3) is 0.267. The van der Waals surface area contributed by atoms with E-state index in [0.29, 0.717) is 19.3 Å². The van der Waals surface area contributed by atoms with E-state index >= 15 is 0 Å². The maximum Gasteiger partial charge on any atom is 0.339 e. The normalized spacial score (nSPS) is 18.5. The van der Waals surface area contributed by atoms with Crippen LogP contribution in [-0.2, 0) is 20.7 Å². The van der Waals surface area contributed by atoms with Crippen molar-refractivity contribution in [1.29, 1.82) is 0 Å². The molecule has 0 saturated heterocycles. The zero-order valence-corrected chi connectivity index (χ0v) is 19.6. The SMILES string of the molecule is CC(C)CC1(CCc2ccccc2)OC(=O)C(C(c2ccccc2)c2ccccc2)=C(O)C1=O. The first-order valence-corrected chi connectivity index (χ1v) is 11.8. The lowest BCUT2D eigenvalue weighted by atomic mass is 9.76. The minimum atomic E-state index is -1.38. The number of carbonyl (C=O) groups excluding carboxylic acids is 2. The highest BCUT2D eigenvalue weighted by Crippen LogP contribution is 2.42. The first kappa shape index (κ1) is 23.5. The number of hydrogen-bond acceptors (Lipinski definition) is 4. The Morgan fingerprint density at radius 3 is 1.79 bits per heavy atom. The van der Waals surface area contributed by atoms with Gasteiger partial charge in [-0.2, -0.15) is 0 Å². The van der Waals surface area contributed by atoms with Crippen molar-refractivity contribution >= 4 is 11.8 Å². The highest BCUT2D eigenvalue weighted by molar-refractivity contribution is 6.11. The molecule has 0 spiro atoms. The number of rotatable bonds is 8. The number of benzene rings is 3. The molecule has 174 valence electrons. The van der Waals surface area contributed by atoms with Crippen LogP contribution in [0.5, 0.6) is 0 Å². The second-order valence-corrected chi connectivity index (χ2v) is 9.31. The average Bonchev–Trinajstić information content (AvgIpc) is 2.85. The molecule has 0 aromatic heterocycles. The van der Waals surface area contributed by atoms with Crippen LogP contribution in [-0.4, -0.2) is 22.5 Å². The molecule has 0 saturated carbocycles. The van der Waals surface area contributed by atoms with Crippen LogP contribution in [0, 0.1) is 5.92 Å². The lowest BCUT2D eigenvalue weighted by Crippen LogP contribution is -2.50. The molecule has 3 aromatic rings. The minimum absolute atomic E-state index is 0.00138. The lowest BCUT2D eigenvalue weighted by molar-refractivity contribution is -0.170. The largest absolute Gasteiger partial charge is 0.504 e.